The third-order valence-corrected chi connectivity index (χ3v) is 5.10. The van der Waals surface area contributed by atoms with Crippen molar-refractivity contribution in [2.75, 3.05) is 17.7 Å². The topological polar surface area (TPSA) is 89.0 Å². The van der Waals surface area contributed by atoms with Crippen molar-refractivity contribution >= 4 is 51.9 Å². The molecule has 32 heavy (non-hydrogen) atoms. The molecule has 0 bridgehead atoms. The molecule has 3 heterocycles. The van der Waals surface area contributed by atoms with Crippen LogP contribution in [-0.4, -0.2) is 56.7 Å². The fourth-order valence-corrected chi connectivity index (χ4v) is 3.22. The summed E-state index contributed by atoms with van der Waals surface area (Å²) in [5.41, 5.74) is 1.17. The SMILES string of the molecule is [B]C([B])([B])Nc1ncc(C#Cc2ccc(OC)cn2)c2cc(NC(=O)[C@H]3C[C@H]3C)ncc12. The molecule has 2 N–H and O–H groups in total. The van der Waals surface area contributed by atoms with Gasteiger partial charge in [0.15, 0.2) is 0 Å². The van der Waals surface area contributed by atoms with E-state index in [9.17, 15) is 4.79 Å². The highest BCUT2D eigenvalue weighted by atomic mass is 16.5. The number of methoxy groups -OCH3 is 1. The zero-order valence-corrected chi connectivity index (χ0v) is 17.7. The van der Waals surface area contributed by atoms with Crippen LogP contribution >= 0.6 is 0 Å². The number of carbonyl (C=O) groups excluding carboxylic acids is 1. The molecule has 0 aromatic carbocycles. The van der Waals surface area contributed by atoms with Crippen molar-refractivity contribution in [3.63, 3.8) is 0 Å². The number of aromatic nitrogens is 3. The minimum absolute atomic E-state index is 0.0231. The van der Waals surface area contributed by atoms with Crippen molar-refractivity contribution in [1.29, 1.82) is 0 Å². The Hall–Kier alpha value is -3.47. The predicted molar refractivity (Wildman–Crippen MR) is 126 cm³/mol. The average Bonchev–Trinajstić information content (AvgIpc) is 3.49. The summed E-state index contributed by atoms with van der Waals surface area (Å²) >= 11 is 0. The Bertz CT molecular complexity index is 1230. The quantitative estimate of drug-likeness (QED) is 0.484. The van der Waals surface area contributed by atoms with Crippen LogP contribution in [0.1, 0.15) is 24.6 Å². The van der Waals surface area contributed by atoms with Gasteiger partial charge in [-0.1, -0.05) is 18.1 Å². The number of nitrogens with one attached hydrogen (secondary N) is 2. The fourth-order valence-electron chi connectivity index (χ4n) is 3.22. The maximum Gasteiger partial charge on any atom is 0.228 e. The van der Waals surface area contributed by atoms with Crippen LogP contribution in [0.5, 0.6) is 5.75 Å². The Balaban J connectivity index is 1.73. The average molecular weight is 417 g/mol. The minimum Gasteiger partial charge on any atom is -0.495 e. The second-order valence-corrected chi connectivity index (χ2v) is 7.84. The first-order chi connectivity index (χ1) is 15.2. The molecule has 1 aliphatic carbocycles. The van der Waals surface area contributed by atoms with Gasteiger partial charge in [0.1, 0.15) is 23.1 Å². The smallest absolute Gasteiger partial charge is 0.228 e. The molecular weight excluding hydrogens is 399 g/mol. The number of ether oxygens (including phenoxy) is 1. The van der Waals surface area contributed by atoms with E-state index in [1.165, 1.54) is 0 Å². The lowest BCUT2D eigenvalue weighted by atomic mass is 9.49. The molecule has 152 valence electrons. The number of hydrogen-bond donors (Lipinski definition) is 2. The molecule has 0 aliphatic heterocycles. The van der Waals surface area contributed by atoms with E-state index in [2.05, 4.69) is 37.4 Å². The second-order valence-electron chi connectivity index (χ2n) is 7.84. The molecule has 0 spiro atoms. The van der Waals surface area contributed by atoms with Crippen LogP contribution in [0, 0.1) is 23.7 Å². The van der Waals surface area contributed by atoms with Gasteiger partial charge in [-0.25, -0.2) is 15.0 Å². The lowest BCUT2D eigenvalue weighted by Gasteiger charge is -2.24. The highest BCUT2D eigenvalue weighted by molar-refractivity contribution is 6.60. The van der Waals surface area contributed by atoms with Crippen LogP contribution in [0.2, 0.25) is 0 Å². The number of nitrogens with zero attached hydrogens (tertiary/aromatic N) is 3. The molecule has 1 amide bonds. The third kappa shape index (κ3) is 5.05. The summed E-state index contributed by atoms with van der Waals surface area (Å²) in [5, 5.41) is 5.25. The van der Waals surface area contributed by atoms with Crippen LogP contribution < -0.4 is 15.4 Å². The van der Waals surface area contributed by atoms with Gasteiger partial charge in [0.25, 0.3) is 0 Å². The number of carbonyl (C=O) groups is 1. The molecule has 0 saturated heterocycles. The van der Waals surface area contributed by atoms with Gasteiger partial charge >= 0.3 is 0 Å². The van der Waals surface area contributed by atoms with Crippen LogP contribution in [0.25, 0.3) is 10.8 Å². The lowest BCUT2D eigenvalue weighted by molar-refractivity contribution is -0.117. The summed E-state index contributed by atoms with van der Waals surface area (Å²) in [6.07, 6.45) is 5.61. The van der Waals surface area contributed by atoms with Crippen molar-refractivity contribution in [3.05, 3.63) is 48.0 Å². The Kier molecular flexibility index (Phi) is 5.83. The second kappa shape index (κ2) is 8.58. The predicted octanol–water partition coefficient (Wildman–Crippen LogP) is 1.56. The molecule has 0 unspecified atom stereocenters. The summed E-state index contributed by atoms with van der Waals surface area (Å²) in [5.74, 6) is 7.86. The standard InChI is InChI=1S/C22H18B3N5O2/c1-12-7-16(12)21(31)29-19-8-17-13(3-4-14-5-6-15(32-2)10-26-14)9-28-20(18(17)11-27-19)30-22(23,24)25/h5-6,8-12,16H,7H2,1-2H3,(H,28,30)(H,27,29,31)/t12-,16+/m1/s1. The molecule has 7 nitrogen and oxygen atoms in total. The van der Waals surface area contributed by atoms with Crippen molar-refractivity contribution in [2.45, 2.75) is 18.6 Å². The van der Waals surface area contributed by atoms with Crippen LogP contribution in [-0.2, 0) is 4.79 Å². The Labute approximate surface area is 190 Å². The monoisotopic (exact) mass is 417 g/mol. The summed E-state index contributed by atoms with van der Waals surface area (Å²) in [6.45, 7) is 2.04. The molecule has 2 atom stereocenters. The van der Waals surface area contributed by atoms with Gasteiger partial charge in [-0.3, -0.25) is 4.79 Å². The number of pyridine rings is 3. The van der Waals surface area contributed by atoms with E-state index in [-0.39, 0.29) is 11.8 Å². The molecule has 4 rings (SSSR count). The number of fused-ring (bicyclic) bond motifs is 1. The number of anilines is 2. The number of rotatable bonds is 5. The van der Waals surface area contributed by atoms with Crippen LogP contribution in [0.15, 0.2) is 36.8 Å². The van der Waals surface area contributed by atoms with E-state index in [0.29, 0.717) is 45.3 Å². The number of hydrogen-bond acceptors (Lipinski definition) is 6. The summed E-state index contributed by atoms with van der Waals surface area (Å²) in [7, 11) is 18.6. The van der Waals surface area contributed by atoms with Gasteiger partial charge in [-0.05, 0) is 36.5 Å². The largest absolute Gasteiger partial charge is 0.495 e. The zero-order chi connectivity index (χ0) is 22.9. The Morgan fingerprint density at radius 1 is 1.12 bits per heavy atom. The van der Waals surface area contributed by atoms with Crippen molar-refractivity contribution in [3.8, 4) is 17.6 Å². The first-order valence-electron chi connectivity index (χ1n) is 10.00. The Morgan fingerprint density at radius 2 is 1.91 bits per heavy atom. The maximum atomic E-state index is 12.4. The summed E-state index contributed by atoms with van der Waals surface area (Å²) in [4.78, 5) is 25.3. The molecular formula is C22H18B3N5O2. The molecule has 3 aromatic rings. The molecule has 1 saturated carbocycles. The minimum atomic E-state index is -1.67. The Morgan fingerprint density at radius 3 is 2.53 bits per heavy atom. The molecule has 10 heteroatoms. The molecule has 3 aromatic heterocycles. The van der Waals surface area contributed by atoms with E-state index < -0.39 is 5.24 Å². The van der Waals surface area contributed by atoms with Crippen LogP contribution in [0.3, 0.4) is 0 Å². The van der Waals surface area contributed by atoms with Gasteiger partial charge in [0, 0.05) is 29.1 Å². The normalized spacial score (nSPS) is 17.2. The number of amides is 1. The van der Waals surface area contributed by atoms with Crippen molar-refractivity contribution < 1.29 is 9.53 Å². The third-order valence-electron chi connectivity index (χ3n) is 5.10. The van der Waals surface area contributed by atoms with Gasteiger partial charge < -0.3 is 15.4 Å². The molecule has 1 fully saturated rings. The van der Waals surface area contributed by atoms with Crippen molar-refractivity contribution in [1.82, 2.24) is 15.0 Å². The van der Waals surface area contributed by atoms with E-state index in [1.807, 2.05) is 6.92 Å². The van der Waals surface area contributed by atoms with Gasteiger partial charge in [0.2, 0.25) is 5.91 Å². The van der Waals surface area contributed by atoms with Gasteiger partial charge in [-0.15, -0.1) is 0 Å². The lowest BCUT2D eigenvalue weighted by Crippen LogP contribution is -2.40. The first kappa shape index (κ1) is 21.8. The van der Waals surface area contributed by atoms with E-state index in [1.54, 1.807) is 43.9 Å². The maximum absolute atomic E-state index is 12.4. The van der Waals surface area contributed by atoms with E-state index in [0.717, 1.165) is 6.42 Å². The van der Waals surface area contributed by atoms with E-state index in [4.69, 9.17) is 28.3 Å². The first-order valence-corrected chi connectivity index (χ1v) is 10.00. The highest BCUT2D eigenvalue weighted by Crippen LogP contribution is 2.38. The van der Waals surface area contributed by atoms with Gasteiger partial charge in [0.05, 0.1) is 42.4 Å². The van der Waals surface area contributed by atoms with Crippen LogP contribution in [0.4, 0.5) is 11.6 Å². The molecule has 6 radical (unpaired) electrons. The summed E-state index contributed by atoms with van der Waals surface area (Å²) < 4.78 is 5.12. The molecule has 1 aliphatic rings. The van der Waals surface area contributed by atoms with E-state index >= 15 is 0 Å². The van der Waals surface area contributed by atoms with Gasteiger partial charge in [-0.2, -0.15) is 0 Å². The van der Waals surface area contributed by atoms with Crippen molar-refractivity contribution in [2.24, 2.45) is 11.8 Å². The zero-order valence-electron chi connectivity index (χ0n) is 17.7. The highest BCUT2D eigenvalue weighted by Gasteiger charge is 2.39. The fraction of sp³-hybridized carbons (Fsp3) is 0.273. The summed E-state index contributed by atoms with van der Waals surface area (Å²) in [6, 6.07) is 5.27.